The highest BCUT2D eigenvalue weighted by Crippen LogP contribution is 2.27. The lowest BCUT2D eigenvalue weighted by Crippen LogP contribution is -2.46. The summed E-state index contributed by atoms with van der Waals surface area (Å²) < 4.78 is 13.4. The third kappa shape index (κ3) is 2.83. The number of hydrogen-bond acceptors (Lipinski definition) is 6. The van der Waals surface area contributed by atoms with Gasteiger partial charge in [-0.05, 0) is 6.42 Å². The fourth-order valence-electron chi connectivity index (χ4n) is 3.79. The van der Waals surface area contributed by atoms with E-state index in [-0.39, 0.29) is 6.10 Å². The molecular weight excluding hydrogens is 330 g/mol. The summed E-state index contributed by atoms with van der Waals surface area (Å²) in [7, 11) is 0. The number of morpholine rings is 1. The third-order valence-electron chi connectivity index (χ3n) is 5.22. The Balaban J connectivity index is 1.50. The van der Waals surface area contributed by atoms with Crippen LogP contribution in [0.15, 0.2) is 42.7 Å². The molecule has 3 aromatic rings. The smallest absolute Gasteiger partial charge is 0.254 e. The molecular formula is C19H21N5O2. The lowest BCUT2D eigenvalue weighted by atomic mass is 10.00. The monoisotopic (exact) mass is 351 g/mol. The molecule has 134 valence electrons. The molecule has 2 unspecified atom stereocenters. The molecule has 26 heavy (non-hydrogen) atoms. The molecule has 7 heteroatoms. The van der Waals surface area contributed by atoms with Crippen LogP contribution in [0.4, 0.5) is 5.82 Å². The van der Waals surface area contributed by atoms with Gasteiger partial charge >= 0.3 is 0 Å². The van der Waals surface area contributed by atoms with Crippen molar-refractivity contribution in [1.82, 2.24) is 19.6 Å². The van der Waals surface area contributed by atoms with E-state index in [1.54, 1.807) is 10.8 Å². The molecule has 2 aliphatic rings. The Bertz CT molecular complexity index is 891. The van der Waals surface area contributed by atoms with Crippen LogP contribution in [-0.2, 0) is 9.47 Å². The highest BCUT2D eigenvalue weighted by Gasteiger charge is 2.31. The van der Waals surface area contributed by atoms with Crippen molar-refractivity contribution >= 4 is 11.6 Å². The number of benzene rings is 1. The number of ether oxygens (including phenoxy) is 2. The van der Waals surface area contributed by atoms with E-state index in [0.29, 0.717) is 18.3 Å². The lowest BCUT2D eigenvalue weighted by molar-refractivity contribution is -0.00145. The third-order valence-corrected chi connectivity index (χ3v) is 5.22. The van der Waals surface area contributed by atoms with Gasteiger partial charge in [-0.15, -0.1) is 0 Å². The topological polar surface area (TPSA) is 64.8 Å². The molecule has 0 N–H and O–H groups in total. The fraction of sp³-hybridized carbons (Fsp3) is 0.421. The zero-order chi connectivity index (χ0) is 17.3. The molecule has 4 heterocycles. The van der Waals surface area contributed by atoms with E-state index in [0.717, 1.165) is 49.8 Å². The minimum absolute atomic E-state index is 0.197. The number of rotatable bonds is 3. The fourth-order valence-corrected chi connectivity index (χ4v) is 3.79. The van der Waals surface area contributed by atoms with Gasteiger partial charge in [-0.3, -0.25) is 0 Å². The predicted octanol–water partition coefficient (Wildman–Crippen LogP) is 2.03. The van der Waals surface area contributed by atoms with Gasteiger partial charge < -0.3 is 14.4 Å². The van der Waals surface area contributed by atoms with E-state index in [2.05, 4.69) is 33.2 Å². The average Bonchev–Trinajstić information content (AvgIpc) is 3.40. The molecule has 2 atom stereocenters. The normalized spacial score (nSPS) is 23.6. The number of hydrogen-bond donors (Lipinski definition) is 0. The SMILES string of the molecule is c1ccc(-c2cc(N3CCOC(C4CCOC4)C3)nc3ncnn23)cc1. The molecule has 1 aromatic carbocycles. The molecule has 2 aromatic heterocycles. The van der Waals surface area contributed by atoms with E-state index in [9.17, 15) is 0 Å². The van der Waals surface area contributed by atoms with Crippen LogP contribution in [0, 0.1) is 5.92 Å². The van der Waals surface area contributed by atoms with Crippen LogP contribution < -0.4 is 4.90 Å². The Labute approximate surface area is 151 Å². The van der Waals surface area contributed by atoms with E-state index < -0.39 is 0 Å². The molecule has 0 saturated carbocycles. The standard InChI is InChI=1S/C19H21N5O2/c1-2-4-14(5-3-1)16-10-18(22-19-20-13-21-24(16)19)23-7-9-26-17(11-23)15-6-8-25-12-15/h1-5,10,13,15,17H,6-9,11-12H2. The lowest BCUT2D eigenvalue weighted by Gasteiger charge is -2.36. The van der Waals surface area contributed by atoms with Gasteiger partial charge in [-0.2, -0.15) is 19.6 Å². The van der Waals surface area contributed by atoms with E-state index in [1.165, 1.54) is 0 Å². The Morgan fingerprint density at radius 1 is 1.12 bits per heavy atom. The van der Waals surface area contributed by atoms with Crippen molar-refractivity contribution in [1.29, 1.82) is 0 Å². The summed E-state index contributed by atoms with van der Waals surface area (Å²) in [5, 5.41) is 4.34. The Morgan fingerprint density at radius 2 is 2.04 bits per heavy atom. The highest BCUT2D eigenvalue weighted by atomic mass is 16.5. The van der Waals surface area contributed by atoms with Gasteiger partial charge in [0.2, 0.25) is 0 Å². The average molecular weight is 351 g/mol. The highest BCUT2D eigenvalue weighted by molar-refractivity contribution is 5.66. The van der Waals surface area contributed by atoms with Gasteiger partial charge in [0, 0.05) is 37.2 Å². The molecule has 7 nitrogen and oxygen atoms in total. The second-order valence-corrected chi connectivity index (χ2v) is 6.82. The van der Waals surface area contributed by atoms with Crippen LogP contribution in [0.2, 0.25) is 0 Å². The maximum Gasteiger partial charge on any atom is 0.254 e. The van der Waals surface area contributed by atoms with E-state index in [4.69, 9.17) is 14.5 Å². The van der Waals surface area contributed by atoms with Crippen molar-refractivity contribution in [2.24, 2.45) is 5.92 Å². The summed E-state index contributed by atoms with van der Waals surface area (Å²) in [6.45, 7) is 4.01. The van der Waals surface area contributed by atoms with E-state index >= 15 is 0 Å². The van der Waals surface area contributed by atoms with Gasteiger partial charge in [0.25, 0.3) is 5.78 Å². The minimum Gasteiger partial charge on any atom is -0.381 e. The molecule has 0 spiro atoms. The number of aromatic nitrogens is 4. The van der Waals surface area contributed by atoms with Crippen molar-refractivity contribution in [3.63, 3.8) is 0 Å². The summed E-state index contributed by atoms with van der Waals surface area (Å²) in [5.74, 6) is 2.02. The number of anilines is 1. The number of nitrogens with zero attached hydrogens (tertiary/aromatic N) is 5. The Hall–Kier alpha value is -2.51. The first-order valence-corrected chi connectivity index (χ1v) is 9.09. The first kappa shape index (κ1) is 15.7. The molecule has 0 radical (unpaired) electrons. The quantitative estimate of drug-likeness (QED) is 0.719. The molecule has 5 rings (SSSR count). The zero-order valence-corrected chi connectivity index (χ0v) is 14.5. The Morgan fingerprint density at radius 3 is 2.88 bits per heavy atom. The van der Waals surface area contributed by atoms with Gasteiger partial charge in [0.15, 0.2) is 0 Å². The first-order valence-electron chi connectivity index (χ1n) is 9.09. The van der Waals surface area contributed by atoms with Crippen molar-refractivity contribution in [2.45, 2.75) is 12.5 Å². The maximum atomic E-state index is 6.02. The molecule has 0 amide bonds. The minimum atomic E-state index is 0.197. The van der Waals surface area contributed by atoms with Gasteiger partial charge in [0.05, 0.1) is 25.0 Å². The van der Waals surface area contributed by atoms with Crippen LogP contribution in [-0.4, -0.2) is 58.6 Å². The second-order valence-electron chi connectivity index (χ2n) is 6.82. The molecule has 0 aliphatic carbocycles. The summed E-state index contributed by atoms with van der Waals surface area (Å²) in [6.07, 6.45) is 2.82. The van der Waals surface area contributed by atoms with Gasteiger partial charge in [-0.25, -0.2) is 0 Å². The number of fused-ring (bicyclic) bond motifs is 1. The molecule has 0 bridgehead atoms. The van der Waals surface area contributed by atoms with Crippen LogP contribution >= 0.6 is 0 Å². The second kappa shape index (κ2) is 6.66. The molecule has 2 aliphatic heterocycles. The Kier molecular flexibility index (Phi) is 4.03. The maximum absolute atomic E-state index is 6.02. The van der Waals surface area contributed by atoms with Crippen molar-refractivity contribution in [3.05, 3.63) is 42.7 Å². The van der Waals surface area contributed by atoms with E-state index in [1.807, 2.05) is 18.2 Å². The summed E-state index contributed by atoms with van der Waals surface area (Å²) in [6, 6.07) is 12.3. The summed E-state index contributed by atoms with van der Waals surface area (Å²) in [4.78, 5) is 11.4. The van der Waals surface area contributed by atoms with Crippen molar-refractivity contribution in [3.8, 4) is 11.3 Å². The van der Waals surface area contributed by atoms with Gasteiger partial charge in [-0.1, -0.05) is 30.3 Å². The van der Waals surface area contributed by atoms with Crippen molar-refractivity contribution < 1.29 is 9.47 Å². The molecule has 2 fully saturated rings. The zero-order valence-electron chi connectivity index (χ0n) is 14.5. The van der Waals surface area contributed by atoms with Crippen molar-refractivity contribution in [2.75, 3.05) is 37.8 Å². The van der Waals surface area contributed by atoms with Gasteiger partial charge in [0.1, 0.15) is 12.1 Å². The first-order chi connectivity index (χ1) is 12.9. The largest absolute Gasteiger partial charge is 0.381 e. The van der Waals surface area contributed by atoms with Crippen LogP contribution in [0.3, 0.4) is 0 Å². The summed E-state index contributed by atoms with van der Waals surface area (Å²) >= 11 is 0. The summed E-state index contributed by atoms with van der Waals surface area (Å²) in [5.41, 5.74) is 2.09. The van der Waals surface area contributed by atoms with Crippen LogP contribution in [0.25, 0.3) is 17.0 Å². The van der Waals surface area contributed by atoms with Crippen LogP contribution in [0.5, 0.6) is 0 Å². The van der Waals surface area contributed by atoms with Crippen LogP contribution in [0.1, 0.15) is 6.42 Å². The molecule has 2 saturated heterocycles. The predicted molar refractivity (Wildman–Crippen MR) is 97.1 cm³/mol.